The number of carbonyl (C=O) groups excluding carboxylic acids is 1. The van der Waals surface area contributed by atoms with Crippen LogP contribution in [0, 0.1) is 13.8 Å². The number of amides is 1. The van der Waals surface area contributed by atoms with Crippen LogP contribution < -0.4 is 4.74 Å². The summed E-state index contributed by atoms with van der Waals surface area (Å²) in [5.41, 5.74) is 1.49. The third kappa shape index (κ3) is 4.67. The average Bonchev–Trinajstić information content (AvgIpc) is 3.03. The first kappa shape index (κ1) is 20.7. The highest BCUT2D eigenvalue weighted by Crippen LogP contribution is 2.26. The summed E-state index contributed by atoms with van der Waals surface area (Å²) in [6.45, 7) is 7.73. The van der Waals surface area contributed by atoms with Crippen LogP contribution in [0.2, 0.25) is 5.02 Å². The largest absolute Gasteiger partial charge is 0.491 e. The van der Waals surface area contributed by atoms with Gasteiger partial charge in [0.25, 0.3) is 5.91 Å². The molecule has 28 heavy (non-hydrogen) atoms. The first-order valence-corrected chi connectivity index (χ1v) is 10.1. The molecule has 1 aromatic carbocycles. The number of ether oxygens (including phenoxy) is 1. The van der Waals surface area contributed by atoms with Crippen molar-refractivity contribution in [3.05, 3.63) is 46.2 Å². The Bertz CT molecular complexity index is 851. The van der Waals surface area contributed by atoms with Crippen molar-refractivity contribution in [3.8, 4) is 5.75 Å². The summed E-state index contributed by atoms with van der Waals surface area (Å²) in [7, 11) is 0. The Kier molecular flexibility index (Phi) is 6.30. The number of carbonyl (C=O) groups is 1. The molecular weight excluding hydrogens is 378 g/mol. The molecule has 2 heterocycles. The van der Waals surface area contributed by atoms with E-state index in [1.54, 1.807) is 15.8 Å². The van der Waals surface area contributed by atoms with Crippen molar-refractivity contribution >= 4 is 17.5 Å². The van der Waals surface area contributed by atoms with Crippen molar-refractivity contribution in [2.24, 2.45) is 0 Å². The third-order valence-electron chi connectivity index (χ3n) is 5.20. The van der Waals surface area contributed by atoms with E-state index in [1.807, 2.05) is 39.0 Å². The maximum atomic E-state index is 12.9. The van der Waals surface area contributed by atoms with Crippen LogP contribution in [0.25, 0.3) is 0 Å². The smallest absolute Gasteiger partial charge is 0.276 e. The maximum absolute atomic E-state index is 12.9. The van der Waals surface area contributed by atoms with Gasteiger partial charge in [-0.1, -0.05) is 24.6 Å². The third-order valence-corrected chi connectivity index (χ3v) is 5.48. The van der Waals surface area contributed by atoms with Gasteiger partial charge in [0.05, 0.1) is 11.6 Å². The van der Waals surface area contributed by atoms with Gasteiger partial charge in [0, 0.05) is 19.3 Å². The van der Waals surface area contributed by atoms with Gasteiger partial charge in [-0.25, -0.2) is 0 Å². The van der Waals surface area contributed by atoms with Crippen LogP contribution in [0.15, 0.2) is 24.4 Å². The normalized spacial score (nSPS) is 19.7. The number of halogens is 1. The molecule has 152 valence electrons. The van der Waals surface area contributed by atoms with Gasteiger partial charge in [-0.2, -0.15) is 5.10 Å². The Morgan fingerprint density at radius 3 is 2.86 bits per heavy atom. The van der Waals surface area contributed by atoms with Gasteiger partial charge >= 0.3 is 0 Å². The highest BCUT2D eigenvalue weighted by molar-refractivity contribution is 6.33. The minimum Gasteiger partial charge on any atom is -0.491 e. The molecule has 6 nitrogen and oxygen atoms in total. The molecule has 1 unspecified atom stereocenters. The number of hydrogen-bond donors (Lipinski definition) is 1. The molecule has 2 aromatic rings. The minimum atomic E-state index is -1.09. The van der Waals surface area contributed by atoms with Crippen LogP contribution >= 0.6 is 11.6 Å². The van der Waals surface area contributed by atoms with E-state index >= 15 is 0 Å². The SMILES string of the molecule is CCCn1cc(Cl)c(C(=O)N2CCCC(O)(COc3ccc(C)c(C)c3)C2)n1. The molecule has 7 heteroatoms. The van der Waals surface area contributed by atoms with Crippen LogP contribution in [0.5, 0.6) is 5.75 Å². The van der Waals surface area contributed by atoms with Crippen molar-refractivity contribution in [1.29, 1.82) is 0 Å². The molecule has 1 atom stereocenters. The number of likely N-dealkylation sites (tertiary alicyclic amines) is 1. The summed E-state index contributed by atoms with van der Waals surface area (Å²) in [6.07, 6.45) is 3.87. The minimum absolute atomic E-state index is 0.136. The molecule has 0 radical (unpaired) electrons. The first-order valence-electron chi connectivity index (χ1n) is 9.76. The number of nitrogens with zero attached hydrogens (tertiary/aromatic N) is 3. The number of β-amino-alcohol motifs (C(OH)–C–C–N with tert-alkyl or cyclic N) is 1. The summed E-state index contributed by atoms with van der Waals surface area (Å²) in [6, 6.07) is 5.86. The van der Waals surface area contributed by atoms with Crippen LogP contribution in [0.4, 0.5) is 0 Å². The molecule has 1 saturated heterocycles. The zero-order valence-electron chi connectivity index (χ0n) is 16.7. The number of rotatable bonds is 6. The summed E-state index contributed by atoms with van der Waals surface area (Å²) in [5.74, 6) is 0.477. The number of piperidine rings is 1. The van der Waals surface area contributed by atoms with Gasteiger partial charge < -0.3 is 14.7 Å². The zero-order chi connectivity index (χ0) is 20.3. The first-order chi connectivity index (χ1) is 13.3. The summed E-state index contributed by atoms with van der Waals surface area (Å²) < 4.78 is 7.53. The molecule has 1 amide bonds. The molecule has 1 aromatic heterocycles. The van der Waals surface area contributed by atoms with Crippen LogP contribution in [-0.4, -0.2) is 51.0 Å². The zero-order valence-corrected chi connectivity index (χ0v) is 17.5. The number of aromatic nitrogens is 2. The second-order valence-corrected chi connectivity index (χ2v) is 8.09. The molecular formula is C21H28ClN3O3. The van der Waals surface area contributed by atoms with Crippen molar-refractivity contribution < 1.29 is 14.6 Å². The number of aryl methyl sites for hydroxylation is 3. The van der Waals surface area contributed by atoms with Gasteiger partial charge in [-0.15, -0.1) is 0 Å². The van der Waals surface area contributed by atoms with Crippen molar-refractivity contribution in [3.63, 3.8) is 0 Å². The van der Waals surface area contributed by atoms with E-state index in [1.165, 1.54) is 5.56 Å². The molecule has 0 spiro atoms. The highest BCUT2D eigenvalue weighted by atomic mass is 35.5. The van der Waals surface area contributed by atoms with Crippen LogP contribution in [0.3, 0.4) is 0 Å². The Balaban J connectivity index is 1.66. The van der Waals surface area contributed by atoms with E-state index in [9.17, 15) is 9.90 Å². The van der Waals surface area contributed by atoms with E-state index in [0.717, 1.165) is 17.7 Å². The summed E-state index contributed by atoms with van der Waals surface area (Å²) in [5, 5.41) is 15.7. The van der Waals surface area contributed by atoms with Gasteiger partial charge in [0.1, 0.15) is 18.0 Å². The standard InChI is InChI=1S/C21H28ClN3O3/c1-4-9-25-12-18(22)19(23-25)20(26)24-10-5-8-21(27,13-24)14-28-17-7-6-15(2)16(3)11-17/h6-7,11-12,27H,4-5,8-10,13-14H2,1-3H3. The summed E-state index contributed by atoms with van der Waals surface area (Å²) in [4.78, 5) is 14.5. The fourth-order valence-corrected chi connectivity index (χ4v) is 3.69. The lowest BCUT2D eigenvalue weighted by Gasteiger charge is -2.38. The van der Waals surface area contributed by atoms with Crippen molar-refractivity contribution in [2.45, 2.75) is 52.2 Å². The van der Waals surface area contributed by atoms with Crippen LogP contribution in [0.1, 0.15) is 47.8 Å². The maximum Gasteiger partial charge on any atom is 0.276 e. The van der Waals surface area contributed by atoms with Gasteiger partial charge in [-0.3, -0.25) is 9.48 Å². The van der Waals surface area contributed by atoms with Gasteiger partial charge in [0.2, 0.25) is 0 Å². The Morgan fingerprint density at radius 1 is 1.36 bits per heavy atom. The van der Waals surface area contributed by atoms with E-state index in [0.29, 0.717) is 31.0 Å². The topological polar surface area (TPSA) is 67.6 Å². The fraction of sp³-hybridized carbons (Fsp3) is 0.524. The quantitative estimate of drug-likeness (QED) is 0.797. The Hall–Kier alpha value is -2.05. The van der Waals surface area contributed by atoms with Crippen molar-refractivity contribution in [1.82, 2.24) is 14.7 Å². The second-order valence-electron chi connectivity index (χ2n) is 7.68. The lowest BCUT2D eigenvalue weighted by molar-refractivity contribution is -0.0533. The van der Waals surface area contributed by atoms with Gasteiger partial charge in [-0.05, 0) is 56.4 Å². The monoisotopic (exact) mass is 405 g/mol. The number of benzene rings is 1. The van der Waals surface area contributed by atoms with E-state index < -0.39 is 5.60 Å². The summed E-state index contributed by atoms with van der Waals surface area (Å²) >= 11 is 6.22. The van der Waals surface area contributed by atoms with Gasteiger partial charge in [0.15, 0.2) is 5.69 Å². The Morgan fingerprint density at radius 2 is 2.14 bits per heavy atom. The molecule has 0 aliphatic carbocycles. The van der Waals surface area contributed by atoms with Crippen LogP contribution in [-0.2, 0) is 6.54 Å². The predicted molar refractivity (Wildman–Crippen MR) is 109 cm³/mol. The second kappa shape index (κ2) is 8.53. The van der Waals surface area contributed by atoms with E-state index in [-0.39, 0.29) is 24.8 Å². The van der Waals surface area contributed by atoms with Crippen molar-refractivity contribution in [2.75, 3.05) is 19.7 Å². The molecule has 0 saturated carbocycles. The number of aliphatic hydroxyl groups is 1. The predicted octanol–water partition coefficient (Wildman–Crippen LogP) is 3.61. The van der Waals surface area contributed by atoms with E-state index in [2.05, 4.69) is 5.10 Å². The molecule has 1 N–H and O–H groups in total. The fourth-order valence-electron chi connectivity index (χ4n) is 3.46. The lowest BCUT2D eigenvalue weighted by atomic mass is 9.93. The molecule has 1 aliphatic rings. The molecule has 0 bridgehead atoms. The Labute approximate surface area is 171 Å². The highest BCUT2D eigenvalue weighted by Gasteiger charge is 2.37. The number of hydrogen-bond acceptors (Lipinski definition) is 4. The lowest BCUT2D eigenvalue weighted by Crippen LogP contribution is -2.53. The van der Waals surface area contributed by atoms with E-state index in [4.69, 9.17) is 16.3 Å². The average molecular weight is 406 g/mol. The molecule has 1 aliphatic heterocycles. The molecule has 1 fully saturated rings. The molecule has 3 rings (SSSR count).